The Hall–Kier alpha value is -2.36. The highest BCUT2D eigenvalue weighted by Gasteiger charge is 2.11. The lowest BCUT2D eigenvalue weighted by atomic mass is 10.0. The van der Waals surface area contributed by atoms with E-state index < -0.39 is 0 Å². The minimum absolute atomic E-state index is 0.124. The van der Waals surface area contributed by atoms with Crippen LogP contribution in [-0.4, -0.2) is 11.5 Å². The van der Waals surface area contributed by atoms with E-state index in [9.17, 15) is 10.1 Å². The van der Waals surface area contributed by atoms with Crippen molar-refractivity contribution in [2.75, 3.05) is 6.61 Å². The van der Waals surface area contributed by atoms with Crippen LogP contribution >= 0.6 is 0 Å². The number of rotatable bonds is 4. The molecule has 0 radical (unpaired) electrons. The van der Waals surface area contributed by atoms with Gasteiger partial charge in [0, 0.05) is 6.07 Å². The van der Waals surface area contributed by atoms with E-state index in [-0.39, 0.29) is 10.6 Å². The fourth-order valence-electron chi connectivity index (χ4n) is 1.84. The Morgan fingerprint density at radius 3 is 2.67 bits per heavy atom. The van der Waals surface area contributed by atoms with Gasteiger partial charge in [-0.1, -0.05) is 24.3 Å². The summed E-state index contributed by atoms with van der Waals surface area (Å²) in [5.74, 6) is 0. The van der Waals surface area contributed by atoms with Crippen LogP contribution in [0.15, 0.2) is 42.7 Å². The van der Waals surface area contributed by atoms with Gasteiger partial charge < -0.3 is 4.74 Å². The molecule has 4 heteroatoms. The van der Waals surface area contributed by atoms with E-state index in [1.54, 1.807) is 24.5 Å². The topological polar surface area (TPSA) is 52.4 Å². The summed E-state index contributed by atoms with van der Waals surface area (Å²) in [6, 6.07) is 10.5. The van der Waals surface area contributed by atoms with Crippen LogP contribution in [0.1, 0.15) is 12.5 Å². The lowest BCUT2D eigenvalue weighted by molar-refractivity contribution is -0.383. The van der Waals surface area contributed by atoms with Crippen LogP contribution in [0.4, 0.5) is 5.69 Å². The molecule has 0 fully saturated rings. The number of nitro groups is 1. The number of fused-ring (bicyclic) bond motifs is 1. The van der Waals surface area contributed by atoms with Gasteiger partial charge in [0.1, 0.15) is 0 Å². The highest BCUT2D eigenvalue weighted by molar-refractivity contribution is 5.96. The van der Waals surface area contributed by atoms with Gasteiger partial charge in [0.2, 0.25) is 0 Å². The second-order valence-corrected chi connectivity index (χ2v) is 3.73. The molecule has 0 spiro atoms. The summed E-state index contributed by atoms with van der Waals surface area (Å²) in [7, 11) is 0. The van der Waals surface area contributed by atoms with Gasteiger partial charge in [0.25, 0.3) is 5.69 Å². The molecule has 18 heavy (non-hydrogen) atoms. The predicted octanol–water partition coefficient (Wildman–Crippen LogP) is 3.76. The monoisotopic (exact) mass is 243 g/mol. The van der Waals surface area contributed by atoms with Crippen LogP contribution in [0, 0.1) is 10.1 Å². The first-order valence-electron chi connectivity index (χ1n) is 5.68. The Kier molecular flexibility index (Phi) is 3.57. The lowest BCUT2D eigenvalue weighted by Crippen LogP contribution is -1.90. The number of ether oxygens (including phenoxy) is 1. The Labute approximate surface area is 105 Å². The molecular formula is C14H13NO3. The number of nitro benzene ring substituents is 1. The van der Waals surface area contributed by atoms with E-state index in [2.05, 4.69) is 0 Å². The van der Waals surface area contributed by atoms with Crippen molar-refractivity contribution in [3.63, 3.8) is 0 Å². The zero-order valence-electron chi connectivity index (χ0n) is 10.00. The maximum atomic E-state index is 10.9. The molecule has 0 amide bonds. The Morgan fingerprint density at radius 2 is 1.94 bits per heavy atom. The molecule has 0 aliphatic heterocycles. The van der Waals surface area contributed by atoms with Crippen molar-refractivity contribution in [1.82, 2.24) is 0 Å². The first-order valence-corrected chi connectivity index (χ1v) is 5.68. The standard InChI is InChI=1S/C14H13NO3/c1-2-18-10-9-11-5-3-7-13-12(11)6-4-8-14(13)15(16)17/h3-10H,2H2,1H3/b10-9+. The van der Waals surface area contributed by atoms with Crippen molar-refractivity contribution in [3.8, 4) is 0 Å². The van der Waals surface area contributed by atoms with E-state index in [0.29, 0.717) is 12.0 Å². The fraction of sp³-hybridized carbons (Fsp3) is 0.143. The van der Waals surface area contributed by atoms with Crippen LogP contribution in [-0.2, 0) is 4.74 Å². The molecule has 0 aliphatic rings. The third-order valence-corrected chi connectivity index (χ3v) is 2.64. The molecular weight excluding hydrogens is 230 g/mol. The van der Waals surface area contributed by atoms with Crippen molar-refractivity contribution >= 4 is 22.5 Å². The molecule has 0 heterocycles. The summed E-state index contributed by atoms with van der Waals surface area (Å²) >= 11 is 0. The van der Waals surface area contributed by atoms with E-state index in [4.69, 9.17) is 4.74 Å². The smallest absolute Gasteiger partial charge is 0.277 e. The summed E-state index contributed by atoms with van der Waals surface area (Å²) in [4.78, 5) is 10.6. The molecule has 0 bridgehead atoms. The van der Waals surface area contributed by atoms with Gasteiger partial charge in [-0.15, -0.1) is 0 Å². The van der Waals surface area contributed by atoms with E-state index in [1.165, 1.54) is 6.07 Å². The molecule has 92 valence electrons. The van der Waals surface area contributed by atoms with Gasteiger partial charge in [-0.2, -0.15) is 0 Å². The second-order valence-electron chi connectivity index (χ2n) is 3.73. The molecule has 0 aliphatic carbocycles. The molecule has 0 unspecified atom stereocenters. The molecule has 0 atom stereocenters. The average Bonchev–Trinajstić information content (AvgIpc) is 2.38. The van der Waals surface area contributed by atoms with Crippen LogP contribution in [0.5, 0.6) is 0 Å². The zero-order valence-corrected chi connectivity index (χ0v) is 10.00. The van der Waals surface area contributed by atoms with Crippen molar-refractivity contribution in [2.45, 2.75) is 6.92 Å². The maximum absolute atomic E-state index is 10.9. The Morgan fingerprint density at radius 1 is 1.22 bits per heavy atom. The SMILES string of the molecule is CCO/C=C/c1cccc2c([N+](=O)[O-])cccc12. The van der Waals surface area contributed by atoms with Crippen LogP contribution < -0.4 is 0 Å². The van der Waals surface area contributed by atoms with E-state index in [0.717, 1.165) is 10.9 Å². The minimum atomic E-state index is -0.363. The van der Waals surface area contributed by atoms with Gasteiger partial charge in [-0.3, -0.25) is 10.1 Å². The molecule has 0 saturated carbocycles. The highest BCUT2D eigenvalue weighted by atomic mass is 16.6. The second kappa shape index (κ2) is 5.31. The summed E-state index contributed by atoms with van der Waals surface area (Å²) in [5, 5.41) is 12.4. The number of nitrogens with zero attached hydrogens (tertiary/aromatic N) is 1. The van der Waals surface area contributed by atoms with Crippen molar-refractivity contribution in [2.24, 2.45) is 0 Å². The number of hydrogen-bond acceptors (Lipinski definition) is 3. The largest absolute Gasteiger partial charge is 0.501 e. The quantitative estimate of drug-likeness (QED) is 0.466. The third-order valence-electron chi connectivity index (χ3n) is 2.64. The molecule has 0 N–H and O–H groups in total. The van der Waals surface area contributed by atoms with Crippen LogP contribution in [0.25, 0.3) is 16.8 Å². The van der Waals surface area contributed by atoms with Gasteiger partial charge in [0.05, 0.1) is 23.2 Å². The van der Waals surface area contributed by atoms with E-state index >= 15 is 0 Å². The fourth-order valence-corrected chi connectivity index (χ4v) is 1.84. The summed E-state index contributed by atoms with van der Waals surface area (Å²) < 4.78 is 5.15. The van der Waals surface area contributed by atoms with Gasteiger partial charge in [-0.25, -0.2) is 0 Å². The van der Waals surface area contributed by atoms with Crippen molar-refractivity contribution < 1.29 is 9.66 Å². The third kappa shape index (κ3) is 2.32. The van der Waals surface area contributed by atoms with Gasteiger partial charge >= 0.3 is 0 Å². The highest BCUT2D eigenvalue weighted by Crippen LogP contribution is 2.28. The Balaban J connectivity index is 2.56. The zero-order chi connectivity index (χ0) is 13.0. The molecule has 2 rings (SSSR count). The van der Waals surface area contributed by atoms with Gasteiger partial charge in [0.15, 0.2) is 0 Å². The summed E-state index contributed by atoms with van der Waals surface area (Å²) in [6.07, 6.45) is 3.42. The van der Waals surface area contributed by atoms with Crippen molar-refractivity contribution in [1.29, 1.82) is 0 Å². The molecule has 4 nitrogen and oxygen atoms in total. The van der Waals surface area contributed by atoms with Crippen molar-refractivity contribution in [3.05, 3.63) is 58.3 Å². The number of non-ortho nitro benzene ring substituents is 1. The minimum Gasteiger partial charge on any atom is -0.501 e. The average molecular weight is 243 g/mol. The van der Waals surface area contributed by atoms with Gasteiger partial charge in [-0.05, 0) is 30.0 Å². The Bertz CT molecular complexity index is 605. The van der Waals surface area contributed by atoms with Crippen LogP contribution in [0.2, 0.25) is 0 Å². The molecule has 0 saturated heterocycles. The predicted molar refractivity (Wildman–Crippen MR) is 71.3 cm³/mol. The maximum Gasteiger partial charge on any atom is 0.277 e. The molecule has 2 aromatic carbocycles. The summed E-state index contributed by atoms with van der Waals surface area (Å²) in [5.41, 5.74) is 1.03. The lowest BCUT2D eigenvalue weighted by Gasteiger charge is -2.03. The summed E-state index contributed by atoms with van der Waals surface area (Å²) in [6.45, 7) is 2.50. The van der Waals surface area contributed by atoms with Crippen LogP contribution in [0.3, 0.4) is 0 Å². The molecule has 0 aromatic heterocycles. The van der Waals surface area contributed by atoms with E-state index in [1.807, 2.05) is 25.1 Å². The normalized spacial score (nSPS) is 10.9. The molecule has 2 aromatic rings. The first kappa shape index (κ1) is 12.1. The number of hydrogen-bond donors (Lipinski definition) is 0. The first-order chi connectivity index (χ1) is 8.74. The number of benzene rings is 2.